The summed E-state index contributed by atoms with van der Waals surface area (Å²) in [6.45, 7) is 0.126. The van der Waals surface area contributed by atoms with Gasteiger partial charge in [0.05, 0.1) is 12.1 Å². The topological polar surface area (TPSA) is 64.6 Å². The predicted octanol–water partition coefficient (Wildman–Crippen LogP) is 3.17. The molecule has 23 heavy (non-hydrogen) atoms. The lowest BCUT2D eigenvalue weighted by Gasteiger charge is -2.25. The monoisotopic (exact) mass is 331 g/mol. The fourth-order valence-electron chi connectivity index (χ4n) is 2.18. The molecule has 0 radical (unpaired) electrons. The van der Waals surface area contributed by atoms with Crippen LogP contribution in [0.3, 0.4) is 0 Å². The number of ether oxygens (including phenoxy) is 2. The number of carbonyl (C=O) groups excluding carboxylic acids is 2. The molecule has 1 aliphatic heterocycles. The Balaban J connectivity index is 1.56. The number of fused-ring (bicyclic) bond motifs is 1. The molecule has 1 aliphatic rings. The molecule has 0 bridgehead atoms. The van der Waals surface area contributed by atoms with E-state index in [1.165, 1.54) is 0 Å². The predicted molar refractivity (Wildman–Crippen MR) is 85.4 cm³/mol. The van der Waals surface area contributed by atoms with E-state index in [0.717, 1.165) is 5.56 Å². The van der Waals surface area contributed by atoms with Crippen LogP contribution in [0, 0.1) is 0 Å². The number of esters is 1. The molecule has 1 unspecified atom stereocenters. The van der Waals surface area contributed by atoms with Crippen LogP contribution >= 0.6 is 11.6 Å². The quantitative estimate of drug-likeness (QED) is 0.874. The molecule has 2 aromatic carbocycles. The molecular weight excluding hydrogens is 318 g/mol. The molecule has 6 heteroatoms. The second kappa shape index (κ2) is 6.71. The standard InChI is InChI=1S/C17H14ClNO4/c18-12-7-5-11(6-8-12)10-22-16(20)9-15-17(21)19-13-3-1-2-4-14(13)23-15/h1-8,15H,9-10H2,(H,19,21). The van der Waals surface area contributed by atoms with Crippen LogP contribution in [-0.2, 0) is 20.9 Å². The van der Waals surface area contributed by atoms with Crippen LogP contribution in [-0.4, -0.2) is 18.0 Å². The maximum Gasteiger partial charge on any atom is 0.310 e. The van der Waals surface area contributed by atoms with Gasteiger partial charge < -0.3 is 14.8 Å². The fourth-order valence-corrected chi connectivity index (χ4v) is 2.31. The Kier molecular flexibility index (Phi) is 4.48. The van der Waals surface area contributed by atoms with Crippen LogP contribution < -0.4 is 10.1 Å². The van der Waals surface area contributed by atoms with Crippen LogP contribution in [0.1, 0.15) is 12.0 Å². The molecule has 0 saturated carbocycles. The first-order valence-electron chi connectivity index (χ1n) is 7.08. The van der Waals surface area contributed by atoms with Crippen molar-refractivity contribution in [3.05, 3.63) is 59.1 Å². The Bertz CT molecular complexity index is 730. The molecular formula is C17H14ClNO4. The third-order valence-electron chi connectivity index (χ3n) is 3.37. The van der Waals surface area contributed by atoms with Crippen molar-refractivity contribution in [3.63, 3.8) is 0 Å². The van der Waals surface area contributed by atoms with Gasteiger partial charge >= 0.3 is 5.97 Å². The van der Waals surface area contributed by atoms with E-state index < -0.39 is 12.1 Å². The molecule has 3 rings (SSSR count). The summed E-state index contributed by atoms with van der Waals surface area (Å²) in [4.78, 5) is 23.8. The number of halogens is 1. The third-order valence-corrected chi connectivity index (χ3v) is 3.62. The molecule has 0 aliphatic carbocycles. The highest BCUT2D eigenvalue weighted by molar-refractivity contribution is 6.30. The second-order valence-electron chi connectivity index (χ2n) is 5.08. The van der Waals surface area contributed by atoms with Crippen LogP contribution in [0.2, 0.25) is 5.02 Å². The minimum Gasteiger partial charge on any atom is -0.478 e. The van der Waals surface area contributed by atoms with Gasteiger partial charge in [0.25, 0.3) is 5.91 Å². The highest BCUT2D eigenvalue weighted by atomic mass is 35.5. The molecule has 1 N–H and O–H groups in total. The molecule has 0 spiro atoms. The molecule has 0 saturated heterocycles. The van der Waals surface area contributed by atoms with Crippen molar-refractivity contribution in [1.82, 2.24) is 0 Å². The van der Waals surface area contributed by atoms with Gasteiger partial charge in [-0.1, -0.05) is 35.9 Å². The zero-order chi connectivity index (χ0) is 16.2. The van der Waals surface area contributed by atoms with Gasteiger partial charge in [0.15, 0.2) is 6.10 Å². The van der Waals surface area contributed by atoms with E-state index in [9.17, 15) is 9.59 Å². The van der Waals surface area contributed by atoms with Crippen molar-refractivity contribution >= 4 is 29.2 Å². The smallest absolute Gasteiger partial charge is 0.310 e. The number of para-hydroxylation sites is 2. The maximum atomic E-state index is 11.9. The van der Waals surface area contributed by atoms with Gasteiger partial charge in [0.2, 0.25) is 0 Å². The average molecular weight is 332 g/mol. The van der Waals surface area contributed by atoms with E-state index in [1.807, 2.05) is 0 Å². The highest BCUT2D eigenvalue weighted by Crippen LogP contribution is 2.29. The molecule has 2 aromatic rings. The second-order valence-corrected chi connectivity index (χ2v) is 5.52. The number of rotatable bonds is 4. The zero-order valence-electron chi connectivity index (χ0n) is 12.1. The Morgan fingerprint density at radius 1 is 1.17 bits per heavy atom. The van der Waals surface area contributed by atoms with Crippen molar-refractivity contribution in [1.29, 1.82) is 0 Å². The largest absolute Gasteiger partial charge is 0.478 e. The average Bonchev–Trinajstić information content (AvgIpc) is 2.55. The van der Waals surface area contributed by atoms with E-state index in [4.69, 9.17) is 21.1 Å². The Hall–Kier alpha value is -2.53. The summed E-state index contributed by atoms with van der Waals surface area (Å²) in [5.74, 6) is -0.311. The van der Waals surface area contributed by atoms with Gasteiger partial charge in [-0.05, 0) is 29.8 Å². The number of hydrogen-bond acceptors (Lipinski definition) is 4. The summed E-state index contributed by atoms with van der Waals surface area (Å²) in [6.07, 6.45) is -1.03. The number of anilines is 1. The number of amides is 1. The fraction of sp³-hybridized carbons (Fsp3) is 0.176. The number of benzene rings is 2. The van der Waals surface area contributed by atoms with Crippen LogP contribution in [0.4, 0.5) is 5.69 Å². The summed E-state index contributed by atoms with van der Waals surface area (Å²) >= 11 is 5.79. The summed E-state index contributed by atoms with van der Waals surface area (Å²) in [5.41, 5.74) is 1.42. The zero-order valence-corrected chi connectivity index (χ0v) is 12.9. The van der Waals surface area contributed by atoms with Crippen molar-refractivity contribution in [2.45, 2.75) is 19.1 Å². The Labute approximate surface area is 138 Å². The van der Waals surface area contributed by atoms with Crippen LogP contribution in [0.5, 0.6) is 5.75 Å². The maximum absolute atomic E-state index is 11.9. The summed E-state index contributed by atoms with van der Waals surface area (Å²) in [5, 5.41) is 3.33. The van der Waals surface area contributed by atoms with E-state index >= 15 is 0 Å². The van der Waals surface area contributed by atoms with Gasteiger partial charge in [-0.15, -0.1) is 0 Å². The first-order chi connectivity index (χ1) is 11.1. The van der Waals surface area contributed by atoms with Crippen molar-refractivity contribution in [2.24, 2.45) is 0 Å². The van der Waals surface area contributed by atoms with E-state index in [2.05, 4.69) is 5.32 Å². The number of nitrogens with one attached hydrogen (secondary N) is 1. The van der Waals surface area contributed by atoms with Crippen molar-refractivity contribution in [3.8, 4) is 5.75 Å². The minimum absolute atomic E-state index is 0.126. The Morgan fingerprint density at radius 3 is 2.70 bits per heavy atom. The molecule has 1 atom stereocenters. The molecule has 0 aromatic heterocycles. The summed E-state index contributed by atoms with van der Waals surface area (Å²) in [7, 11) is 0. The SMILES string of the molecule is O=C(CC1Oc2ccccc2NC1=O)OCc1ccc(Cl)cc1. The van der Waals surface area contributed by atoms with Crippen molar-refractivity contribution in [2.75, 3.05) is 5.32 Å². The van der Waals surface area contributed by atoms with Crippen molar-refractivity contribution < 1.29 is 19.1 Å². The molecule has 0 fully saturated rings. The van der Waals surface area contributed by atoms with Gasteiger partial charge in [-0.25, -0.2) is 0 Å². The lowest BCUT2D eigenvalue weighted by molar-refractivity contribution is -0.149. The highest BCUT2D eigenvalue weighted by Gasteiger charge is 2.30. The minimum atomic E-state index is -0.886. The molecule has 118 valence electrons. The first kappa shape index (κ1) is 15.4. The summed E-state index contributed by atoms with van der Waals surface area (Å²) < 4.78 is 10.7. The lowest BCUT2D eigenvalue weighted by Crippen LogP contribution is -2.38. The summed E-state index contributed by atoms with van der Waals surface area (Å²) in [6, 6.07) is 14.1. The van der Waals surface area contributed by atoms with Gasteiger partial charge in [-0.2, -0.15) is 0 Å². The molecule has 1 amide bonds. The lowest BCUT2D eigenvalue weighted by atomic mass is 10.1. The molecule has 5 nitrogen and oxygen atoms in total. The van der Waals surface area contributed by atoms with Gasteiger partial charge in [0.1, 0.15) is 12.4 Å². The number of hydrogen-bond donors (Lipinski definition) is 1. The normalized spacial score (nSPS) is 16.0. The first-order valence-corrected chi connectivity index (χ1v) is 7.46. The van der Waals surface area contributed by atoms with E-state index in [1.54, 1.807) is 48.5 Å². The Morgan fingerprint density at radius 2 is 1.91 bits per heavy atom. The van der Waals surface area contributed by atoms with Crippen LogP contribution in [0.25, 0.3) is 0 Å². The van der Waals surface area contributed by atoms with Gasteiger partial charge in [-0.3, -0.25) is 9.59 Å². The van der Waals surface area contributed by atoms with E-state index in [0.29, 0.717) is 16.5 Å². The number of carbonyl (C=O) groups is 2. The molecule has 1 heterocycles. The van der Waals surface area contributed by atoms with Gasteiger partial charge in [0, 0.05) is 5.02 Å². The van der Waals surface area contributed by atoms with E-state index in [-0.39, 0.29) is 18.9 Å². The van der Waals surface area contributed by atoms with Crippen LogP contribution in [0.15, 0.2) is 48.5 Å². The third kappa shape index (κ3) is 3.81.